The van der Waals surface area contributed by atoms with Crippen molar-refractivity contribution in [1.29, 1.82) is 0 Å². The van der Waals surface area contributed by atoms with E-state index in [2.05, 4.69) is 25.4 Å². The van der Waals surface area contributed by atoms with Gasteiger partial charge in [-0.15, -0.1) is 0 Å². The smallest absolute Gasteiger partial charge is 0.245 e. The predicted octanol–water partition coefficient (Wildman–Crippen LogP) is 1.89. The third-order valence-electron chi connectivity index (χ3n) is 3.42. The lowest BCUT2D eigenvalue weighted by Gasteiger charge is -2.39. The van der Waals surface area contributed by atoms with Crippen LogP contribution in [0.5, 0.6) is 0 Å². The fraction of sp³-hybridized carbons (Fsp3) is 0.857. The summed E-state index contributed by atoms with van der Waals surface area (Å²) in [7, 11) is 0. The highest BCUT2D eigenvalue weighted by Gasteiger charge is 2.39. The Hall–Kier alpha value is -0.710. The van der Waals surface area contributed by atoms with E-state index in [1.165, 1.54) is 0 Å². The highest BCUT2D eigenvalue weighted by atomic mass is 32.2. The summed E-state index contributed by atoms with van der Waals surface area (Å²) in [5, 5.41) is 2.88. The summed E-state index contributed by atoms with van der Waals surface area (Å²) < 4.78 is 0. The minimum Gasteiger partial charge on any atom is -0.342 e. The van der Waals surface area contributed by atoms with Gasteiger partial charge in [0.05, 0.1) is 0 Å². The number of hydrogen-bond donors (Lipinski definition) is 1. The van der Waals surface area contributed by atoms with Crippen molar-refractivity contribution in [2.75, 3.05) is 18.6 Å². The van der Waals surface area contributed by atoms with Gasteiger partial charge in [0.15, 0.2) is 0 Å². The molecule has 2 atom stereocenters. The zero-order valence-electron chi connectivity index (χ0n) is 12.4. The SMILES string of the molecule is CCC1C(=O)NC(CC(C)C)C(=O)N1CCCSC. The van der Waals surface area contributed by atoms with Gasteiger partial charge in [-0.3, -0.25) is 9.59 Å². The zero-order chi connectivity index (χ0) is 14.4. The molecule has 0 saturated carbocycles. The summed E-state index contributed by atoms with van der Waals surface area (Å²) in [6.07, 6.45) is 4.42. The average Bonchev–Trinajstić information content (AvgIpc) is 2.34. The Morgan fingerprint density at radius 3 is 2.58 bits per heavy atom. The lowest BCUT2D eigenvalue weighted by atomic mass is 9.97. The summed E-state index contributed by atoms with van der Waals surface area (Å²) in [4.78, 5) is 26.4. The van der Waals surface area contributed by atoms with Gasteiger partial charge in [0.2, 0.25) is 11.8 Å². The maximum atomic E-state index is 12.5. The van der Waals surface area contributed by atoms with Crippen LogP contribution in [0.1, 0.15) is 40.0 Å². The van der Waals surface area contributed by atoms with Gasteiger partial charge in [0.25, 0.3) is 0 Å². The van der Waals surface area contributed by atoms with Crippen LogP contribution in [0, 0.1) is 5.92 Å². The van der Waals surface area contributed by atoms with Gasteiger partial charge in [-0.05, 0) is 37.2 Å². The molecule has 1 rings (SSSR count). The summed E-state index contributed by atoms with van der Waals surface area (Å²) in [5.41, 5.74) is 0. The Bertz CT molecular complexity index is 321. The van der Waals surface area contributed by atoms with Crippen LogP contribution >= 0.6 is 11.8 Å². The Morgan fingerprint density at radius 2 is 2.05 bits per heavy atom. The van der Waals surface area contributed by atoms with Crippen molar-refractivity contribution in [3.63, 3.8) is 0 Å². The van der Waals surface area contributed by atoms with Gasteiger partial charge in [0.1, 0.15) is 12.1 Å². The monoisotopic (exact) mass is 286 g/mol. The first kappa shape index (κ1) is 16.3. The van der Waals surface area contributed by atoms with Crippen molar-refractivity contribution < 1.29 is 9.59 Å². The fourth-order valence-electron chi connectivity index (χ4n) is 2.51. The van der Waals surface area contributed by atoms with Gasteiger partial charge in [-0.2, -0.15) is 11.8 Å². The van der Waals surface area contributed by atoms with Crippen LogP contribution in [0.4, 0.5) is 0 Å². The summed E-state index contributed by atoms with van der Waals surface area (Å²) in [5.74, 6) is 1.54. The summed E-state index contributed by atoms with van der Waals surface area (Å²) in [6.45, 7) is 6.80. The molecular formula is C14H26N2O2S. The van der Waals surface area contributed by atoms with Crippen LogP contribution in [0.2, 0.25) is 0 Å². The number of nitrogens with zero attached hydrogens (tertiary/aromatic N) is 1. The van der Waals surface area contributed by atoms with Crippen molar-refractivity contribution in [2.24, 2.45) is 5.92 Å². The largest absolute Gasteiger partial charge is 0.342 e. The van der Waals surface area contributed by atoms with Crippen LogP contribution in [-0.2, 0) is 9.59 Å². The highest BCUT2D eigenvalue weighted by molar-refractivity contribution is 7.98. The van der Waals surface area contributed by atoms with Gasteiger partial charge in [-0.25, -0.2) is 0 Å². The second kappa shape index (κ2) is 7.78. The predicted molar refractivity (Wildman–Crippen MR) is 80.2 cm³/mol. The maximum Gasteiger partial charge on any atom is 0.245 e. The van der Waals surface area contributed by atoms with E-state index in [1.807, 2.05) is 6.92 Å². The van der Waals surface area contributed by atoms with Crippen LogP contribution in [0.25, 0.3) is 0 Å². The standard InChI is InChI=1S/C14H26N2O2S/c1-5-12-13(17)15-11(9-10(2)3)14(18)16(12)7-6-8-19-4/h10-12H,5-9H2,1-4H3,(H,15,17). The van der Waals surface area contributed by atoms with Crippen molar-refractivity contribution >= 4 is 23.6 Å². The first-order valence-electron chi connectivity index (χ1n) is 7.11. The molecule has 5 heteroatoms. The number of amides is 2. The number of carbonyl (C=O) groups excluding carboxylic acids is 2. The number of hydrogen-bond acceptors (Lipinski definition) is 3. The molecule has 0 spiro atoms. The molecule has 0 aromatic carbocycles. The van der Waals surface area contributed by atoms with Gasteiger partial charge < -0.3 is 10.2 Å². The molecule has 2 amide bonds. The van der Waals surface area contributed by atoms with Crippen molar-refractivity contribution in [2.45, 2.75) is 52.1 Å². The van der Waals surface area contributed by atoms with E-state index >= 15 is 0 Å². The Kier molecular flexibility index (Phi) is 6.69. The van der Waals surface area contributed by atoms with Crippen molar-refractivity contribution in [3.8, 4) is 0 Å². The molecule has 0 bridgehead atoms. The third-order valence-corrected chi connectivity index (χ3v) is 4.11. The summed E-state index contributed by atoms with van der Waals surface area (Å²) >= 11 is 1.77. The molecule has 19 heavy (non-hydrogen) atoms. The van der Waals surface area contributed by atoms with E-state index in [-0.39, 0.29) is 23.9 Å². The molecule has 0 aliphatic carbocycles. The van der Waals surface area contributed by atoms with Gasteiger partial charge in [-0.1, -0.05) is 20.8 Å². The van der Waals surface area contributed by atoms with E-state index < -0.39 is 0 Å². The van der Waals surface area contributed by atoms with E-state index in [0.29, 0.717) is 18.9 Å². The number of piperazine rings is 1. The molecule has 1 N–H and O–H groups in total. The Morgan fingerprint density at radius 1 is 1.37 bits per heavy atom. The topological polar surface area (TPSA) is 49.4 Å². The first-order chi connectivity index (χ1) is 9.01. The molecule has 1 heterocycles. The van der Waals surface area contributed by atoms with E-state index in [9.17, 15) is 9.59 Å². The molecule has 1 aliphatic rings. The molecule has 1 fully saturated rings. The van der Waals surface area contributed by atoms with Crippen LogP contribution in [0.15, 0.2) is 0 Å². The molecule has 110 valence electrons. The quantitative estimate of drug-likeness (QED) is 0.727. The molecule has 4 nitrogen and oxygen atoms in total. The molecule has 0 aromatic heterocycles. The molecule has 0 aromatic rings. The highest BCUT2D eigenvalue weighted by Crippen LogP contribution is 2.18. The second-order valence-corrected chi connectivity index (χ2v) is 6.48. The van der Waals surface area contributed by atoms with E-state index in [1.54, 1.807) is 16.7 Å². The number of thioether (sulfide) groups is 1. The van der Waals surface area contributed by atoms with Gasteiger partial charge >= 0.3 is 0 Å². The first-order valence-corrected chi connectivity index (χ1v) is 8.50. The molecule has 1 aliphatic heterocycles. The Balaban J connectivity index is 2.74. The van der Waals surface area contributed by atoms with E-state index in [4.69, 9.17) is 0 Å². The lowest BCUT2D eigenvalue weighted by molar-refractivity contribution is -0.149. The molecule has 2 unspecified atom stereocenters. The third kappa shape index (κ3) is 4.41. The number of carbonyl (C=O) groups is 2. The zero-order valence-corrected chi connectivity index (χ0v) is 13.3. The normalized spacial score (nSPS) is 23.9. The number of nitrogens with one attached hydrogen (secondary N) is 1. The number of rotatable bonds is 7. The van der Waals surface area contributed by atoms with Crippen LogP contribution in [0.3, 0.4) is 0 Å². The molecular weight excluding hydrogens is 260 g/mol. The maximum absolute atomic E-state index is 12.5. The van der Waals surface area contributed by atoms with Crippen LogP contribution < -0.4 is 5.32 Å². The minimum absolute atomic E-state index is 0.0110. The molecule has 0 radical (unpaired) electrons. The van der Waals surface area contributed by atoms with Crippen LogP contribution in [-0.4, -0.2) is 47.4 Å². The van der Waals surface area contributed by atoms with Crippen molar-refractivity contribution in [3.05, 3.63) is 0 Å². The molecule has 1 saturated heterocycles. The Labute approximate surface area is 120 Å². The van der Waals surface area contributed by atoms with E-state index in [0.717, 1.165) is 18.6 Å². The second-order valence-electron chi connectivity index (χ2n) is 5.49. The average molecular weight is 286 g/mol. The summed E-state index contributed by atoms with van der Waals surface area (Å²) in [6, 6.07) is -0.609. The fourth-order valence-corrected chi connectivity index (χ4v) is 2.92. The minimum atomic E-state index is -0.329. The van der Waals surface area contributed by atoms with Crippen molar-refractivity contribution in [1.82, 2.24) is 10.2 Å². The van der Waals surface area contributed by atoms with Gasteiger partial charge in [0, 0.05) is 6.54 Å². The lowest BCUT2D eigenvalue weighted by Crippen LogP contribution is -2.63.